The lowest BCUT2D eigenvalue weighted by atomic mass is 10.1. The molecule has 6 heteroatoms. The lowest BCUT2D eigenvalue weighted by Gasteiger charge is -2.22. The summed E-state index contributed by atoms with van der Waals surface area (Å²) in [5, 5.41) is 0. The number of ether oxygens (including phenoxy) is 1. The van der Waals surface area contributed by atoms with Crippen molar-refractivity contribution in [1.29, 1.82) is 0 Å². The summed E-state index contributed by atoms with van der Waals surface area (Å²) in [6.07, 6.45) is -0.311. The molecule has 0 aliphatic carbocycles. The molecule has 0 aliphatic heterocycles. The van der Waals surface area contributed by atoms with Gasteiger partial charge in [0, 0.05) is 17.0 Å². The summed E-state index contributed by atoms with van der Waals surface area (Å²) in [6, 6.07) is 8.03. The Bertz CT molecular complexity index is 574. The molecule has 1 aromatic carbocycles. The fraction of sp³-hybridized carbons (Fsp3) is 0.231. The monoisotopic (exact) mass is 407 g/mol. The minimum absolute atomic E-state index is 0.208. The summed E-state index contributed by atoms with van der Waals surface area (Å²) in [4.78, 5) is 0.998. The van der Waals surface area contributed by atoms with Gasteiger partial charge in [-0.2, -0.15) is 0 Å². The maximum atomic E-state index is 13.3. The van der Waals surface area contributed by atoms with Gasteiger partial charge in [0.25, 0.3) is 0 Å². The third kappa shape index (κ3) is 3.78. The van der Waals surface area contributed by atoms with Crippen LogP contribution >= 0.6 is 43.2 Å². The largest absolute Gasteiger partial charge is 0.482 e. The summed E-state index contributed by atoms with van der Waals surface area (Å²) < 4.78 is 20.8. The van der Waals surface area contributed by atoms with Crippen LogP contribution in [0.5, 0.6) is 5.75 Å². The average molecular weight is 409 g/mol. The highest BCUT2D eigenvalue weighted by Crippen LogP contribution is 2.35. The van der Waals surface area contributed by atoms with Crippen molar-refractivity contribution in [2.75, 3.05) is 0 Å². The van der Waals surface area contributed by atoms with Crippen LogP contribution in [0.25, 0.3) is 0 Å². The number of hydrogen-bond acceptors (Lipinski definition) is 3. The maximum absolute atomic E-state index is 13.3. The molecule has 2 atom stereocenters. The van der Waals surface area contributed by atoms with Crippen LogP contribution in [0.1, 0.15) is 17.9 Å². The maximum Gasteiger partial charge on any atom is 0.148 e. The van der Waals surface area contributed by atoms with Gasteiger partial charge in [-0.15, -0.1) is 11.3 Å². The molecule has 2 rings (SSSR count). The van der Waals surface area contributed by atoms with E-state index in [0.29, 0.717) is 10.2 Å². The number of thiophene rings is 1. The van der Waals surface area contributed by atoms with Crippen LogP contribution in [0.4, 0.5) is 4.39 Å². The zero-order valence-electron chi connectivity index (χ0n) is 10.1. The lowest BCUT2D eigenvalue weighted by Crippen LogP contribution is -2.28. The number of rotatable bonds is 4. The summed E-state index contributed by atoms with van der Waals surface area (Å²) >= 11 is 8.32. The van der Waals surface area contributed by atoms with Crippen LogP contribution in [0.15, 0.2) is 38.6 Å². The topological polar surface area (TPSA) is 35.2 Å². The van der Waals surface area contributed by atoms with E-state index in [1.165, 1.54) is 12.1 Å². The van der Waals surface area contributed by atoms with Crippen LogP contribution in [0.2, 0.25) is 0 Å². The van der Waals surface area contributed by atoms with E-state index in [1.807, 2.05) is 19.1 Å². The van der Waals surface area contributed by atoms with Crippen molar-refractivity contribution in [3.05, 3.63) is 49.3 Å². The van der Waals surface area contributed by atoms with Gasteiger partial charge in [0.1, 0.15) is 17.7 Å². The van der Waals surface area contributed by atoms with Gasteiger partial charge in [0.15, 0.2) is 0 Å². The normalized spacial score (nSPS) is 14.2. The molecule has 0 spiro atoms. The standard InChI is InChI=1S/C13H12Br2FNOS/c1-7(17)13(11-4-5-12(15)19-11)18-10-6-8(16)2-3-9(10)14/h2-7,13H,17H2,1H3. The molecule has 2 nitrogen and oxygen atoms in total. The van der Waals surface area contributed by atoms with Gasteiger partial charge in [-0.1, -0.05) is 0 Å². The second-order valence-corrected chi connectivity index (χ2v) is 7.46. The zero-order valence-corrected chi connectivity index (χ0v) is 14.1. The molecule has 2 unspecified atom stereocenters. The van der Waals surface area contributed by atoms with E-state index in [9.17, 15) is 4.39 Å². The van der Waals surface area contributed by atoms with Crippen molar-refractivity contribution in [2.24, 2.45) is 5.73 Å². The van der Waals surface area contributed by atoms with E-state index in [0.717, 1.165) is 8.66 Å². The number of halogens is 3. The molecule has 102 valence electrons. The molecule has 0 amide bonds. The number of hydrogen-bond donors (Lipinski definition) is 1. The average Bonchev–Trinajstić information content (AvgIpc) is 2.76. The fourth-order valence-electron chi connectivity index (χ4n) is 1.61. The van der Waals surface area contributed by atoms with Gasteiger partial charge in [-0.25, -0.2) is 4.39 Å². The van der Waals surface area contributed by atoms with Gasteiger partial charge >= 0.3 is 0 Å². The minimum atomic E-state index is -0.339. The third-order valence-corrected chi connectivity index (χ3v) is 4.84. The molecule has 2 N–H and O–H groups in total. The first kappa shape index (κ1) is 15.0. The minimum Gasteiger partial charge on any atom is -0.482 e. The summed E-state index contributed by atoms with van der Waals surface area (Å²) in [6.45, 7) is 1.87. The SMILES string of the molecule is CC(N)C(Oc1cc(F)ccc1Br)c1ccc(Br)s1. The predicted molar refractivity (Wildman–Crippen MR) is 83.1 cm³/mol. The second kappa shape index (κ2) is 6.35. The van der Waals surface area contributed by atoms with Crippen molar-refractivity contribution in [1.82, 2.24) is 0 Å². The molecule has 1 aromatic heterocycles. The summed E-state index contributed by atoms with van der Waals surface area (Å²) in [5.74, 6) is 0.112. The highest BCUT2D eigenvalue weighted by Gasteiger charge is 2.21. The Labute approximate surface area is 132 Å². The molecular formula is C13H12Br2FNOS. The molecule has 0 saturated carbocycles. The van der Waals surface area contributed by atoms with Crippen molar-refractivity contribution in [3.8, 4) is 5.75 Å². The van der Waals surface area contributed by atoms with Gasteiger partial charge in [0.05, 0.1) is 8.26 Å². The molecule has 0 radical (unpaired) electrons. The highest BCUT2D eigenvalue weighted by atomic mass is 79.9. The van der Waals surface area contributed by atoms with E-state index in [1.54, 1.807) is 17.4 Å². The molecule has 0 bridgehead atoms. The van der Waals surface area contributed by atoms with E-state index in [4.69, 9.17) is 10.5 Å². The highest BCUT2D eigenvalue weighted by molar-refractivity contribution is 9.11. The van der Waals surface area contributed by atoms with Crippen LogP contribution in [-0.4, -0.2) is 6.04 Å². The smallest absolute Gasteiger partial charge is 0.148 e. The number of benzene rings is 1. The molecule has 19 heavy (non-hydrogen) atoms. The predicted octanol–water partition coefficient (Wildman–Crippen LogP) is 4.88. The molecule has 1 heterocycles. The van der Waals surface area contributed by atoms with Gasteiger partial charge < -0.3 is 10.5 Å². The van der Waals surface area contributed by atoms with Gasteiger partial charge in [-0.05, 0) is 63.0 Å². The van der Waals surface area contributed by atoms with E-state index in [2.05, 4.69) is 31.9 Å². The molecule has 0 aliphatic rings. The third-order valence-electron chi connectivity index (χ3n) is 2.50. The molecule has 0 saturated heterocycles. The van der Waals surface area contributed by atoms with Crippen molar-refractivity contribution >= 4 is 43.2 Å². The van der Waals surface area contributed by atoms with Crippen LogP contribution < -0.4 is 10.5 Å². The van der Waals surface area contributed by atoms with Crippen LogP contribution in [0.3, 0.4) is 0 Å². The van der Waals surface area contributed by atoms with Crippen LogP contribution in [0, 0.1) is 5.82 Å². The Balaban J connectivity index is 2.29. The molecular weight excluding hydrogens is 397 g/mol. The van der Waals surface area contributed by atoms with Gasteiger partial charge in [-0.3, -0.25) is 0 Å². The van der Waals surface area contributed by atoms with E-state index in [-0.39, 0.29) is 18.0 Å². The quantitative estimate of drug-likeness (QED) is 0.782. The Morgan fingerprint density at radius 1 is 1.26 bits per heavy atom. The summed E-state index contributed by atoms with van der Waals surface area (Å²) in [5.41, 5.74) is 5.97. The Kier molecular flexibility index (Phi) is 5.00. The second-order valence-electron chi connectivity index (χ2n) is 4.11. The fourth-order valence-corrected chi connectivity index (χ4v) is 3.52. The summed E-state index contributed by atoms with van der Waals surface area (Å²) in [7, 11) is 0. The Morgan fingerprint density at radius 2 is 2.00 bits per heavy atom. The van der Waals surface area contributed by atoms with Crippen LogP contribution in [-0.2, 0) is 0 Å². The van der Waals surface area contributed by atoms with Crippen molar-refractivity contribution in [2.45, 2.75) is 19.1 Å². The first-order valence-corrected chi connectivity index (χ1v) is 8.00. The Hall–Kier alpha value is -0.430. The molecule has 0 fully saturated rings. The van der Waals surface area contributed by atoms with E-state index < -0.39 is 0 Å². The first-order chi connectivity index (χ1) is 8.97. The molecule has 2 aromatic rings. The number of nitrogens with two attached hydrogens (primary N) is 1. The van der Waals surface area contributed by atoms with E-state index >= 15 is 0 Å². The lowest BCUT2D eigenvalue weighted by molar-refractivity contribution is 0.182. The van der Waals surface area contributed by atoms with Crippen molar-refractivity contribution < 1.29 is 9.13 Å². The van der Waals surface area contributed by atoms with Gasteiger partial charge in [0.2, 0.25) is 0 Å². The Morgan fingerprint density at radius 3 is 2.58 bits per heavy atom. The zero-order chi connectivity index (χ0) is 14.0. The first-order valence-electron chi connectivity index (χ1n) is 5.60. The van der Waals surface area contributed by atoms with Crippen molar-refractivity contribution in [3.63, 3.8) is 0 Å².